The molecule has 1 N–H and O–H groups in total. The van der Waals surface area contributed by atoms with E-state index in [0.717, 1.165) is 50.1 Å². The molecule has 0 aliphatic heterocycles. The molecule has 0 bridgehead atoms. The Morgan fingerprint density at radius 1 is 0.421 bits per heavy atom. The van der Waals surface area contributed by atoms with Crippen molar-refractivity contribution >= 4 is 76.6 Å². The van der Waals surface area contributed by atoms with Gasteiger partial charge in [-0.3, -0.25) is 24.0 Å². The molecule has 0 saturated heterocycles. The van der Waals surface area contributed by atoms with Crippen LogP contribution in [0.1, 0.15) is 137 Å². The van der Waals surface area contributed by atoms with Gasteiger partial charge < -0.3 is 47.9 Å². The number of esters is 3. The Morgan fingerprint density at radius 2 is 0.745 bits per heavy atom. The normalized spacial score (nSPS) is 13.3. The highest BCUT2D eigenvalue weighted by Gasteiger charge is 2.36. The molecule has 1 aliphatic rings. The van der Waals surface area contributed by atoms with Crippen LogP contribution in [0.25, 0.3) is 16.6 Å². The maximum atomic E-state index is 14.3. The van der Waals surface area contributed by atoms with E-state index in [4.69, 9.17) is 49.2 Å². The van der Waals surface area contributed by atoms with Crippen molar-refractivity contribution in [3.05, 3.63) is 436 Å². The molecule has 24 nitrogen and oxygen atoms in total. The van der Waals surface area contributed by atoms with Gasteiger partial charge in [-0.2, -0.15) is 5.26 Å². The maximum absolute atomic E-state index is 14.3. The molecular formula is C118H101N4O20S3+. The second-order valence-electron chi connectivity index (χ2n) is 35.6. The predicted molar refractivity (Wildman–Crippen MR) is 546 cm³/mol. The number of ether oxygens (including phenoxy) is 9. The molecule has 0 spiro atoms. The summed E-state index contributed by atoms with van der Waals surface area (Å²) in [6, 6.07) is 99.8. The van der Waals surface area contributed by atoms with Crippen LogP contribution in [0.2, 0.25) is 0 Å². The quantitative estimate of drug-likeness (QED) is 0.0161. The molecule has 1 heterocycles. The first-order valence-electron chi connectivity index (χ1n) is 46.6. The molecule has 1 aliphatic carbocycles. The van der Waals surface area contributed by atoms with Crippen LogP contribution in [0.15, 0.2) is 388 Å². The van der Waals surface area contributed by atoms with Crippen molar-refractivity contribution < 1.29 is 96.4 Å². The molecule has 4 unspecified atom stereocenters. The van der Waals surface area contributed by atoms with Gasteiger partial charge in [0.2, 0.25) is 35.4 Å². The van der Waals surface area contributed by atoms with E-state index in [1.54, 1.807) is 183 Å². The third kappa shape index (κ3) is 23.7. The van der Waals surface area contributed by atoms with Crippen molar-refractivity contribution in [1.29, 1.82) is 5.26 Å². The van der Waals surface area contributed by atoms with E-state index in [2.05, 4.69) is 17.1 Å². The van der Waals surface area contributed by atoms with Crippen molar-refractivity contribution in [3.8, 4) is 69.3 Å². The first-order chi connectivity index (χ1) is 69.8. The Morgan fingerprint density at radius 3 is 1.06 bits per heavy atom. The Hall–Kier alpha value is -16.9. The van der Waals surface area contributed by atoms with E-state index in [-0.39, 0.29) is 72.9 Å². The van der Waals surface area contributed by atoms with Gasteiger partial charge in [0.1, 0.15) is 63.2 Å². The van der Waals surface area contributed by atoms with Gasteiger partial charge in [-0.25, -0.2) is 34.7 Å². The number of hydrogen-bond acceptors (Lipinski definition) is 21. The lowest BCUT2D eigenvalue weighted by Gasteiger charge is -2.31. The smallest absolute Gasteiger partial charge is 0.327 e. The van der Waals surface area contributed by atoms with Crippen molar-refractivity contribution in [3.63, 3.8) is 0 Å². The van der Waals surface area contributed by atoms with Gasteiger partial charge in [0.25, 0.3) is 0 Å². The highest BCUT2D eigenvalue weighted by molar-refractivity contribution is 7.92. The fourth-order valence-electron chi connectivity index (χ4n) is 17.3. The zero-order chi connectivity index (χ0) is 102. The van der Waals surface area contributed by atoms with Crippen molar-refractivity contribution in [2.45, 2.75) is 131 Å². The van der Waals surface area contributed by atoms with Crippen LogP contribution >= 0.6 is 0 Å². The number of pyridine rings is 1. The monoisotopic (exact) mass is 1990 g/mol. The number of nitrogens with one attached hydrogen (secondary N) is 1. The lowest BCUT2D eigenvalue weighted by Crippen LogP contribution is -2.35. The number of benzene rings is 14. The number of sulfone groups is 3. The molecule has 0 fully saturated rings. The molecule has 0 radical (unpaired) electrons. The first kappa shape index (κ1) is 101. The molecule has 1 amide bonds. The summed E-state index contributed by atoms with van der Waals surface area (Å²) in [7, 11) is -7.63. The summed E-state index contributed by atoms with van der Waals surface area (Å²) in [4.78, 5) is 68.5. The summed E-state index contributed by atoms with van der Waals surface area (Å²) in [5.74, 6) is 2.26. The van der Waals surface area contributed by atoms with Gasteiger partial charge in [0, 0.05) is 65.3 Å². The van der Waals surface area contributed by atoms with E-state index in [9.17, 15) is 54.5 Å². The van der Waals surface area contributed by atoms with Gasteiger partial charge in [-0.1, -0.05) is 142 Å². The zero-order valence-electron chi connectivity index (χ0n) is 80.3. The van der Waals surface area contributed by atoms with Crippen LogP contribution in [0, 0.1) is 24.8 Å². The summed E-state index contributed by atoms with van der Waals surface area (Å²) in [5.41, 5.74) is 8.25. The Labute approximate surface area is 842 Å². The minimum atomic E-state index is -4.06. The Balaban J connectivity index is 0.550. The average Bonchev–Trinajstić information content (AvgIpc) is 0.785. The number of Topliss-reactive ketones (excluding diaryl/α,β-unsaturated/α-hetero) is 1. The van der Waals surface area contributed by atoms with Crippen molar-refractivity contribution in [1.82, 2.24) is 0 Å². The number of nitrogens with zero attached hydrogens (tertiary/aromatic N) is 3. The molecule has 730 valence electrons. The Bertz CT molecular complexity index is 7740. The number of aromatic nitrogens is 1. The van der Waals surface area contributed by atoms with Crippen LogP contribution in [0.5, 0.6) is 63.2 Å². The third-order valence-corrected chi connectivity index (χ3v) is 31.6. The SMILES string of the molecule is [C-]#[N+]/C(=C\c1cc[n+](CCOC(=O)CCC(C)(c2ccc(Oc3ccc(S(=O)(=O)c4ccc(C)cc4)cc3)cc2)c2ccc(Oc3ccc(S(=O)(=O)c4ccc(Oc5ccc(C(C)(CCC(=O)Nc6ccc7c(c6)C(=O)C7)c6ccc(Oc7ccc(S(=O)(=O)c8ccc(Oc9ccc(C(C)(CCC(=O)OC)c%10ccc(OC)cc%10)cc9)cc8)cc7)cc6)cc5)cc4)cc3)cc2)cc1)c1ccc(C(C#N)C(=O)OC)cc1. The van der Waals surface area contributed by atoms with E-state index in [1.807, 2.05) is 159 Å². The lowest BCUT2D eigenvalue weighted by atomic mass is 9.73. The number of nitriles is 1. The zero-order valence-corrected chi connectivity index (χ0v) is 82.8. The van der Waals surface area contributed by atoms with Gasteiger partial charge in [-0.15, -0.1) is 0 Å². The maximum Gasteiger partial charge on any atom is 0.327 e. The second-order valence-corrected chi connectivity index (χ2v) is 41.4. The number of methoxy groups -OCH3 is 3. The number of fused-ring (bicyclic) bond motifs is 1. The number of carbonyl (C=O) groups excluding carboxylic acids is 5. The minimum Gasteiger partial charge on any atom is -0.497 e. The standard InChI is InChI=1S/C118H100N4O20S3/c1-79-9-51-102(52-10-79)143(128,129)103-53-41-97(42-54-103)141-95-37-24-88(25-38-95)118(4,70-65-114(126)137-74-73-122-71-66-80(67-72-122)75-110(120-5)82-13-11-81(12-14-82)109(78-119)115(127)136-8)89-26-39-96(40-27-89)142-101-49-61-107(62-50-101)145(132,133)105-57-45-99(46-58-105)139-93-33-20-86(21-34-93)116(2,68-63-112(124)121-90-28-15-83-76-111(123)108(83)77-90)85-18-31-92(32-19-85)138-98-43-55-104(56-44-98)144(130,131)106-59-47-100(48-60-106)140-94-35-22-87(23-36-94)117(3,69-64-113(125)135-7)84-16-29-91(134-6)30-17-84/h9-62,66-67,71-72,75,77,109H,63-65,68-70,73-74,76H2,1-4,6-8H3/p+1/b110-75-. The van der Waals surface area contributed by atoms with E-state index >= 15 is 0 Å². The fourth-order valence-corrected chi connectivity index (χ4v) is 21.0. The molecule has 0 saturated carbocycles. The number of amides is 1. The summed E-state index contributed by atoms with van der Waals surface area (Å²) in [6.45, 7) is 16.3. The number of carbonyl (C=O) groups is 5. The average molecular weight is 1990 g/mol. The van der Waals surface area contributed by atoms with Crippen molar-refractivity contribution in [2.75, 3.05) is 33.3 Å². The summed E-state index contributed by atoms with van der Waals surface area (Å²) in [6.07, 6.45) is 7.16. The number of rotatable bonds is 40. The van der Waals surface area contributed by atoms with Crippen molar-refractivity contribution in [2.24, 2.45) is 0 Å². The van der Waals surface area contributed by atoms with Gasteiger partial charge in [0.15, 0.2) is 42.9 Å². The highest BCUT2D eigenvalue weighted by atomic mass is 32.2. The molecule has 4 atom stereocenters. The summed E-state index contributed by atoms with van der Waals surface area (Å²) >= 11 is 0. The van der Waals surface area contributed by atoms with E-state index in [0.29, 0.717) is 124 Å². The molecular weight excluding hydrogens is 1890 g/mol. The van der Waals surface area contributed by atoms with Gasteiger partial charge in [-0.05, 0) is 306 Å². The summed E-state index contributed by atoms with van der Waals surface area (Å²) in [5, 5.41) is 12.5. The number of ketones is 1. The minimum absolute atomic E-state index is 0.0162. The van der Waals surface area contributed by atoms with Gasteiger partial charge >= 0.3 is 17.9 Å². The summed E-state index contributed by atoms with van der Waals surface area (Å²) < 4.78 is 138. The molecule has 16 rings (SSSR count). The predicted octanol–water partition coefficient (Wildman–Crippen LogP) is 24.0. The molecule has 1 aromatic heterocycles. The highest BCUT2D eigenvalue weighted by Crippen LogP contribution is 2.45. The fraction of sp³-hybridized carbons (Fsp3) is 0.169. The first-order valence-corrected chi connectivity index (χ1v) is 51.0. The number of hydrogen-bond donors (Lipinski definition) is 1. The van der Waals surface area contributed by atoms with Gasteiger partial charge in [0.05, 0.1) is 63.3 Å². The van der Waals surface area contributed by atoms with Crippen LogP contribution in [0.3, 0.4) is 0 Å². The van der Waals surface area contributed by atoms with E-state index < -0.39 is 63.6 Å². The van der Waals surface area contributed by atoms with E-state index in [1.165, 1.54) is 74.9 Å². The largest absolute Gasteiger partial charge is 0.497 e. The second kappa shape index (κ2) is 44.1. The number of anilines is 1. The molecule has 27 heteroatoms. The van der Waals surface area contributed by atoms with Crippen LogP contribution < -0.4 is 38.3 Å². The molecule has 14 aromatic carbocycles. The molecule has 145 heavy (non-hydrogen) atoms. The molecule has 15 aromatic rings. The lowest BCUT2D eigenvalue weighted by molar-refractivity contribution is -0.697. The van der Waals surface area contributed by atoms with Crippen LogP contribution in [0.4, 0.5) is 5.69 Å². The van der Waals surface area contributed by atoms with Crippen LogP contribution in [-0.4, -0.2) is 82.8 Å². The number of aryl methyl sites for hydroxylation is 1. The van der Waals surface area contributed by atoms with Crippen LogP contribution in [-0.2, 0) is 92.1 Å². The third-order valence-electron chi connectivity index (χ3n) is 26.2. The Kier molecular flexibility index (Phi) is 30.8. The topological polar surface area (TPSA) is 315 Å².